The molecule has 2 aromatic heterocycles. The van der Waals surface area contributed by atoms with Crippen LogP contribution in [0.4, 0.5) is 17.6 Å². The van der Waals surface area contributed by atoms with Gasteiger partial charge in [0, 0.05) is 23.6 Å². The van der Waals surface area contributed by atoms with E-state index in [0.29, 0.717) is 66.2 Å². The lowest BCUT2D eigenvalue weighted by atomic mass is 9.91. The highest BCUT2D eigenvalue weighted by Crippen LogP contribution is 2.57. The van der Waals surface area contributed by atoms with Gasteiger partial charge >= 0.3 is 6.36 Å². The third-order valence-corrected chi connectivity index (χ3v) is 15.1. The zero-order valence-corrected chi connectivity index (χ0v) is 34.1. The number of thiophene rings is 1. The van der Waals surface area contributed by atoms with Crippen molar-refractivity contribution in [3.05, 3.63) is 76.8 Å². The number of halogens is 4. The Hall–Kier alpha value is -5.10. The van der Waals surface area contributed by atoms with Crippen LogP contribution in [0.15, 0.2) is 66.7 Å². The van der Waals surface area contributed by atoms with E-state index in [2.05, 4.69) is 19.8 Å². The van der Waals surface area contributed by atoms with E-state index >= 15 is 0 Å². The van der Waals surface area contributed by atoms with E-state index < -0.39 is 91.5 Å². The van der Waals surface area contributed by atoms with Gasteiger partial charge in [-0.15, -0.1) is 24.5 Å². The molecule has 4 aliphatic rings. The van der Waals surface area contributed by atoms with E-state index in [1.165, 1.54) is 23.1 Å². The van der Waals surface area contributed by atoms with Gasteiger partial charge in [0.2, 0.25) is 27.7 Å². The minimum absolute atomic E-state index is 0.0439. The first-order valence-electron chi connectivity index (χ1n) is 19.8. The second-order valence-corrected chi connectivity index (χ2v) is 19.6. The molecule has 318 valence electrons. The molecule has 0 unspecified atom stereocenters. The van der Waals surface area contributed by atoms with Gasteiger partial charge in [-0.1, -0.05) is 43.2 Å². The third kappa shape index (κ3) is 8.44. The number of nitrogens with zero attached hydrogens (tertiary/aromatic N) is 2. The van der Waals surface area contributed by atoms with Crippen LogP contribution in [-0.2, 0) is 24.4 Å². The van der Waals surface area contributed by atoms with E-state index in [1.54, 1.807) is 31.2 Å². The number of carbonyl (C=O) groups excluding carboxylic acids is 4. The van der Waals surface area contributed by atoms with Gasteiger partial charge in [-0.2, -0.15) is 4.39 Å². The number of rotatable bonds is 8. The standard InChI is InChI=1S/C42H42F4N4O8S2/c1-40(17-18-40)60(55,56)49-39(54)41-21-24(41)9-5-3-2-4-6-12-31(47-36(52)34-15-16-35(43)59-34)38(53)50-23-26(20-32(50)33(51)22-41)57-37-29-19-25(58-42(44,45)46)13-14-27(29)28-10-7-8-11-30(28)48-37/h5,7-11,13-16,19,24,26,31-32H,2-4,6,12,17-18,20-23H2,1H3,(H,47,52)(H,49,54)/b9-5-/t24-,26-,31+,32+,41-/m1/s1. The van der Waals surface area contributed by atoms with Crippen LogP contribution in [0.25, 0.3) is 21.7 Å². The van der Waals surface area contributed by atoms with Gasteiger partial charge in [-0.3, -0.25) is 23.9 Å². The highest BCUT2D eigenvalue weighted by Gasteiger charge is 2.62. The molecule has 1 saturated heterocycles. The molecular weight excluding hydrogens is 829 g/mol. The summed E-state index contributed by atoms with van der Waals surface area (Å²) in [5, 5.41) is 3.46. The summed E-state index contributed by atoms with van der Waals surface area (Å²) in [6, 6.07) is 10.8. The Labute approximate surface area is 346 Å². The number of allylic oxidation sites excluding steroid dienone is 2. The van der Waals surface area contributed by atoms with Crippen LogP contribution < -0.4 is 19.5 Å². The van der Waals surface area contributed by atoms with E-state index in [9.17, 15) is 45.2 Å². The largest absolute Gasteiger partial charge is 0.573 e. The number of nitrogens with one attached hydrogen (secondary N) is 2. The number of benzene rings is 2. The lowest BCUT2D eigenvalue weighted by Crippen LogP contribution is -2.52. The van der Waals surface area contributed by atoms with Gasteiger partial charge in [-0.25, -0.2) is 13.4 Å². The number of sulfonamides is 1. The number of carbonyl (C=O) groups is 4. The van der Waals surface area contributed by atoms with Gasteiger partial charge in [0.25, 0.3) is 5.91 Å². The number of hydrogen-bond donors (Lipinski definition) is 2. The lowest BCUT2D eigenvalue weighted by molar-refractivity contribution is -0.274. The molecule has 3 fully saturated rings. The number of alkyl halides is 3. The molecule has 2 N–H and O–H groups in total. The zero-order chi connectivity index (χ0) is 42.6. The Kier molecular flexibility index (Phi) is 10.9. The van der Waals surface area contributed by atoms with E-state index in [4.69, 9.17) is 4.74 Å². The number of ether oxygens (including phenoxy) is 2. The fraction of sp³-hybridized carbons (Fsp3) is 0.452. The number of hydrogen-bond acceptors (Lipinski definition) is 10. The molecule has 8 rings (SSSR count). The van der Waals surface area contributed by atoms with Crippen molar-refractivity contribution in [2.75, 3.05) is 6.54 Å². The summed E-state index contributed by atoms with van der Waals surface area (Å²) in [4.78, 5) is 62.6. The quantitative estimate of drug-likeness (QED) is 0.107. The van der Waals surface area contributed by atoms with Crippen LogP contribution in [0, 0.1) is 16.5 Å². The zero-order valence-electron chi connectivity index (χ0n) is 32.4. The molecule has 18 heteroatoms. The summed E-state index contributed by atoms with van der Waals surface area (Å²) < 4.78 is 92.1. The molecule has 2 aliphatic carbocycles. The highest BCUT2D eigenvalue weighted by molar-refractivity contribution is 7.91. The minimum Gasteiger partial charge on any atom is -0.472 e. The van der Waals surface area contributed by atoms with Crippen LogP contribution in [0.5, 0.6) is 11.6 Å². The molecule has 60 heavy (non-hydrogen) atoms. The first-order valence-corrected chi connectivity index (χ1v) is 22.1. The molecule has 0 spiro atoms. The number of amides is 3. The number of fused-ring (bicyclic) bond motifs is 5. The number of ketones is 1. The SMILES string of the molecule is CC1(S(=O)(=O)NC(=O)[C@]23CC(=O)[C@@H]4C[C@@H](Oc5nc6ccccc6c6ccc(OC(F)(F)F)cc56)CN4C(=O)[C@@H](NC(=O)c4ccc(F)s4)CCCCC/C=C\[C@@H]2C3)CC1. The average molecular weight is 871 g/mol. The maximum atomic E-state index is 14.7. The molecule has 2 aromatic carbocycles. The fourth-order valence-corrected chi connectivity index (χ4v) is 10.3. The number of pyridine rings is 1. The number of aromatic nitrogens is 1. The van der Waals surface area contributed by atoms with Crippen molar-refractivity contribution in [3.63, 3.8) is 0 Å². The van der Waals surface area contributed by atoms with Crippen molar-refractivity contribution < 1.29 is 54.6 Å². The predicted octanol–water partition coefficient (Wildman–Crippen LogP) is 7.12. The van der Waals surface area contributed by atoms with Crippen molar-refractivity contribution in [3.8, 4) is 11.6 Å². The van der Waals surface area contributed by atoms with Crippen LogP contribution >= 0.6 is 11.3 Å². The smallest absolute Gasteiger partial charge is 0.472 e. The third-order valence-electron chi connectivity index (χ3n) is 12.1. The average Bonchev–Trinajstić information content (AvgIpc) is 3.99. The first kappa shape index (κ1) is 41.6. The molecule has 2 aliphatic heterocycles. The Morgan fingerprint density at radius 2 is 1.78 bits per heavy atom. The van der Waals surface area contributed by atoms with Crippen molar-refractivity contribution >= 4 is 66.5 Å². The topological polar surface area (TPSA) is 161 Å². The number of Topliss-reactive ketones (excluding diaryl/α,β-unsaturated/α-hetero) is 1. The van der Waals surface area contributed by atoms with Gasteiger partial charge in [0.05, 0.1) is 33.1 Å². The molecule has 4 aromatic rings. The van der Waals surface area contributed by atoms with Crippen LogP contribution in [0.1, 0.15) is 80.8 Å². The minimum atomic E-state index is -4.98. The van der Waals surface area contributed by atoms with E-state index in [1.807, 2.05) is 12.2 Å². The van der Waals surface area contributed by atoms with Crippen LogP contribution in [0.2, 0.25) is 0 Å². The summed E-state index contributed by atoms with van der Waals surface area (Å²) in [7, 11) is -4.05. The van der Waals surface area contributed by atoms with Gasteiger partial charge in [0.15, 0.2) is 10.9 Å². The Balaban J connectivity index is 1.14. The summed E-state index contributed by atoms with van der Waals surface area (Å²) in [6.45, 7) is 1.34. The van der Waals surface area contributed by atoms with Gasteiger partial charge in [-0.05, 0) is 93.2 Å². The van der Waals surface area contributed by atoms with Gasteiger partial charge < -0.3 is 19.7 Å². The second-order valence-electron chi connectivity index (χ2n) is 16.4. The Morgan fingerprint density at radius 3 is 2.52 bits per heavy atom. The summed E-state index contributed by atoms with van der Waals surface area (Å²) in [5.41, 5.74) is -0.935. The highest BCUT2D eigenvalue weighted by atomic mass is 32.2. The first-order chi connectivity index (χ1) is 28.4. The molecule has 2 saturated carbocycles. The van der Waals surface area contributed by atoms with Crippen molar-refractivity contribution in [2.45, 2.75) is 100 Å². The maximum absolute atomic E-state index is 14.7. The second kappa shape index (κ2) is 15.7. The summed E-state index contributed by atoms with van der Waals surface area (Å²) in [5.74, 6) is -3.65. The Bertz CT molecular complexity index is 2520. The van der Waals surface area contributed by atoms with Gasteiger partial charge in [0.1, 0.15) is 17.9 Å². The maximum Gasteiger partial charge on any atom is 0.573 e. The molecule has 0 bridgehead atoms. The van der Waals surface area contributed by atoms with E-state index in [-0.39, 0.29) is 42.0 Å². The normalized spacial score (nSPS) is 26.3. The van der Waals surface area contributed by atoms with Crippen molar-refractivity contribution in [2.24, 2.45) is 11.3 Å². The van der Waals surface area contributed by atoms with E-state index in [0.717, 1.165) is 12.1 Å². The fourth-order valence-electron chi connectivity index (χ4n) is 8.30. The predicted molar refractivity (Wildman–Crippen MR) is 213 cm³/mol. The summed E-state index contributed by atoms with van der Waals surface area (Å²) in [6.07, 6.45) is 1.00. The molecule has 3 amide bonds. The van der Waals surface area contributed by atoms with Crippen molar-refractivity contribution in [1.82, 2.24) is 19.9 Å². The van der Waals surface area contributed by atoms with Crippen molar-refractivity contribution in [1.29, 1.82) is 0 Å². The number of para-hydroxylation sites is 1. The monoisotopic (exact) mass is 870 g/mol. The molecule has 12 nitrogen and oxygen atoms in total. The molecule has 5 atom stereocenters. The molecule has 0 radical (unpaired) electrons. The lowest BCUT2D eigenvalue weighted by Gasteiger charge is -2.29. The van der Waals surface area contributed by atoms with Crippen LogP contribution in [-0.4, -0.2) is 77.6 Å². The Morgan fingerprint density at radius 1 is 1.00 bits per heavy atom. The summed E-state index contributed by atoms with van der Waals surface area (Å²) >= 11 is 0.615. The molecular formula is C42H42F4N4O8S2. The molecule has 4 heterocycles. The van der Waals surface area contributed by atoms with Crippen LogP contribution in [0.3, 0.4) is 0 Å².